The van der Waals surface area contributed by atoms with Crippen LogP contribution in [0.3, 0.4) is 0 Å². The van der Waals surface area contributed by atoms with E-state index in [1.807, 2.05) is 48.5 Å². The second-order valence-electron chi connectivity index (χ2n) is 4.99. The summed E-state index contributed by atoms with van der Waals surface area (Å²) in [6, 6.07) is 19.5. The topological polar surface area (TPSA) is 80.9 Å². The highest BCUT2D eigenvalue weighted by atomic mass is 15.6. The number of benzene rings is 1. The molecule has 4 rings (SSSR count). The third kappa shape index (κ3) is 2.71. The van der Waals surface area contributed by atoms with Crippen molar-refractivity contribution < 1.29 is 0 Å². The summed E-state index contributed by atoms with van der Waals surface area (Å²) < 4.78 is 1.39. The molecule has 0 aliphatic carbocycles. The summed E-state index contributed by atoms with van der Waals surface area (Å²) in [6.07, 6.45) is 1.78. The van der Waals surface area contributed by atoms with Gasteiger partial charge in [-0.25, -0.2) is 0 Å². The Morgan fingerprint density at radius 3 is 2.61 bits per heavy atom. The van der Waals surface area contributed by atoms with Crippen LogP contribution >= 0.6 is 0 Å². The monoisotopic (exact) mass is 303 g/mol. The van der Waals surface area contributed by atoms with Crippen molar-refractivity contribution >= 4 is 11.5 Å². The molecule has 3 aromatic heterocycles. The number of hydrogen-bond acceptors (Lipinski definition) is 6. The molecule has 0 unspecified atom stereocenters. The van der Waals surface area contributed by atoms with Gasteiger partial charge in [-0.15, -0.1) is 14.8 Å². The van der Waals surface area contributed by atoms with Crippen molar-refractivity contribution in [2.24, 2.45) is 0 Å². The molecule has 0 amide bonds. The van der Waals surface area contributed by atoms with Gasteiger partial charge in [0.1, 0.15) is 5.82 Å². The van der Waals surface area contributed by atoms with Crippen molar-refractivity contribution in [2.45, 2.75) is 6.04 Å². The summed E-state index contributed by atoms with van der Waals surface area (Å²) in [4.78, 5) is 4.47. The molecule has 0 spiro atoms. The zero-order chi connectivity index (χ0) is 15.5. The minimum absolute atomic E-state index is 0.112. The van der Waals surface area contributed by atoms with Crippen LogP contribution in [-0.4, -0.2) is 30.2 Å². The summed E-state index contributed by atoms with van der Waals surface area (Å²) in [6.45, 7) is 0. The molecule has 7 nitrogen and oxygen atoms in total. The summed E-state index contributed by atoms with van der Waals surface area (Å²) >= 11 is 0. The number of rotatable bonds is 4. The Balaban J connectivity index is 1.73. The zero-order valence-corrected chi connectivity index (χ0v) is 12.1. The fourth-order valence-electron chi connectivity index (χ4n) is 2.39. The average Bonchev–Trinajstić information content (AvgIpc) is 3.09. The van der Waals surface area contributed by atoms with Crippen LogP contribution in [0.4, 0.5) is 5.82 Å². The fraction of sp³-hybridized carbons (Fsp3) is 0.0625. The molecule has 0 saturated carbocycles. The van der Waals surface area contributed by atoms with Gasteiger partial charge in [0.2, 0.25) is 0 Å². The normalized spacial score (nSPS) is 12.2. The quantitative estimate of drug-likeness (QED) is 0.622. The van der Waals surface area contributed by atoms with E-state index in [0.717, 1.165) is 11.3 Å². The summed E-state index contributed by atoms with van der Waals surface area (Å²) in [7, 11) is 0. The standard InChI is InChI=1S/C16H13N7/c1-2-6-12(7-3-1)16(13-8-4-5-11-17-13)18-14-9-10-15-19-21-22-23(15)20-14/h1-11,16H,(H,18,20)/t16-/m0/s1. The highest BCUT2D eigenvalue weighted by molar-refractivity contribution is 5.46. The molecule has 3 heterocycles. The number of nitrogens with zero attached hydrogens (tertiary/aromatic N) is 6. The lowest BCUT2D eigenvalue weighted by atomic mass is 10.0. The predicted molar refractivity (Wildman–Crippen MR) is 84.7 cm³/mol. The zero-order valence-electron chi connectivity index (χ0n) is 12.1. The van der Waals surface area contributed by atoms with Gasteiger partial charge in [-0.1, -0.05) is 36.4 Å². The number of aromatic nitrogens is 6. The molecule has 0 radical (unpaired) electrons. The Labute approximate surface area is 132 Å². The predicted octanol–water partition coefficient (Wildman–Crippen LogP) is 2.12. The van der Waals surface area contributed by atoms with E-state index < -0.39 is 0 Å². The van der Waals surface area contributed by atoms with Crippen LogP contribution in [0.25, 0.3) is 5.65 Å². The van der Waals surface area contributed by atoms with Crippen LogP contribution in [0.15, 0.2) is 66.9 Å². The first kappa shape index (κ1) is 13.3. The number of hydrogen-bond donors (Lipinski definition) is 1. The van der Waals surface area contributed by atoms with E-state index in [1.54, 1.807) is 6.20 Å². The van der Waals surface area contributed by atoms with Crippen LogP contribution in [0.2, 0.25) is 0 Å². The number of fused-ring (bicyclic) bond motifs is 1. The summed E-state index contributed by atoms with van der Waals surface area (Å²) in [5, 5.41) is 19.0. The first-order chi connectivity index (χ1) is 11.4. The van der Waals surface area contributed by atoms with E-state index in [1.165, 1.54) is 4.63 Å². The molecule has 0 bridgehead atoms. The minimum atomic E-state index is -0.112. The number of nitrogens with one attached hydrogen (secondary N) is 1. The lowest BCUT2D eigenvalue weighted by Crippen LogP contribution is -2.15. The van der Waals surface area contributed by atoms with Gasteiger partial charge in [0.15, 0.2) is 5.65 Å². The van der Waals surface area contributed by atoms with Gasteiger partial charge in [0.05, 0.1) is 11.7 Å². The number of anilines is 1. The fourth-order valence-corrected chi connectivity index (χ4v) is 2.39. The van der Waals surface area contributed by atoms with Gasteiger partial charge in [-0.3, -0.25) is 4.98 Å². The van der Waals surface area contributed by atoms with Crippen molar-refractivity contribution in [1.82, 2.24) is 30.2 Å². The van der Waals surface area contributed by atoms with Crippen molar-refractivity contribution in [1.29, 1.82) is 0 Å². The Hall–Kier alpha value is -3.35. The maximum Gasteiger partial charge on any atom is 0.200 e. The summed E-state index contributed by atoms with van der Waals surface area (Å²) in [5.41, 5.74) is 2.62. The van der Waals surface area contributed by atoms with Crippen LogP contribution in [0, 0.1) is 0 Å². The largest absolute Gasteiger partial charge is 0.356 e. The lowest BCUT2D eigenvalue weighted by Gasteiger charge is -2.19. The van der Waals surface area contributed by atoms with Gasteiger partial charge >= 0.3 is 0 Å². The van der Waals surface area contributed by atoms with Gasteiger partial charge in [-0.05, 0) is 40.3 Å². The van der Waals surface area contributed by atoms with Crippen LogP contribution in [0.1, 0.15) is 17.3 Å². The molecule has 0 aliphatic heterocycles. The van der Waals surface area contributed by atoms with Crippen molar-refractivity contribution in [3.63, 3.8) is 0 Å². The van der Waals surface area contributed by atoms with E-state index in [4.69, 9.17) is 0 Å². The van der Waals surface area contributed by atoms with Crippen LogP contribution in [0.5, 0.6) is 0 Å². The minimum Gasteiger partial charge on any atom is -0.356 e. The molecule has 1 aromatic carbocycles. The van der Waals surface area contributed by atoms with Crippen LogP contribution in [-0.2, 0) is 0 Å². The molecule has 0 saturated heterocycles. The SMILES string of the molecule is c1ccc([C@H](Nc2ccc3nnnn3n2)c2ccccn2)cc1. The van der Waals surface area contributed by atoms with Gasteiger partial charge < -0.3 is 5.32 Å². The van der Waals surface area contributed by atoms with Gasteiger partial charge in [-0.2, -0.15) is 0 Å². The van der Waals surface area contributed by atoms with Crippen LogP contribution < -0.4 is 5.32 Å². The molecular weight excluding hydrogens is 290 g/mol. The first-order valence-electron chi connectivity index (χ1n) is 7.18. The molecule has 1 N–H and O–H groups in total. The number of tetrazole rings is 1. The molecule has 1 atom stereocenters. The lowest BCUT2D eigenvalue weighted by molar-refractivity contribution is 0.729. The highest BCUT2D eigenvalue weighted by Gasteiger charge is 2.16. The average molecular weight is 303 g/mol. The second kappa shape index (κ2) is 5.80. The third-order valence-corrected chi connectivity index (χ3v) is 3.48. The van der Waals surface area contributed by atoms with E-state index in [2.05, 4.69) is 43.1 Å². The molecular formula is C16H13N7. The van der Waals surface area contributed by atoms with Crippen molar-refractivity contribution in [2.75, 3.05) is 5.32 Å². The Morgan fingerprint density at radius 1 is 0.913 bits per heavy atom. The highest BCUT2D eigenvalue weighted by Crippen LogP contribution is 2.24. The molecule has 4 aromatic rings. The molecule has 0 aliphatic rings. The Morgan fingerprint density at radius 2 is 1.78 bits per heavy atom. The second-order valence-corrected chi connectivity index (χ2v) is 4.99. The van der Waals surface area contributed by atoms with E-state index in [9.17, 15) is 0 Å². The van der Waals surface area contributed by atoms with Crippen molar-refractivity contribution in [3.05, 3.63) is 78.1 Å². The van der Waals surface area contributed by atoms with E-state index >= 15 is 0 Å². The smallest absolute Gasteiger partial charge is 0.200 e. The maximum absolute atomic E-state index is 4.47. The van der Waals surface area contributed by atoms with E-state index in [-0.39, 0.29) is 6.04 Å². The maximum atomic E-state index is 4.47. The molecule has 0 fully saturated rings. The molecule has 112 valence electrons. The Bertz CT molecular complexity index is 866. The van der Waals surface area contributed by atoms with Gasteiger partial charge in [0, 0.05) is 6.20 Å². The van der Waals surface area contributed by atoms with Crippen molar-refractivity contribution in [3.8, 4) is 0 Å². The molecule has 23 heavy (non-hydrogen) atoms. The summed E-state index contributed by atoms with van der Waals surface area (Å²) in [5.74, 6) is 0.671. The van der Waals surface area contributed by atoms with E-state index in [0.29, 0.717) is 11.5 Å². The number of pyridine rings is 1. The third-order valence-electron chi connectivity index (χ3n) is 3.48. The molecule has 7 heteroatoms. The van der Waals surface area contributed by atoms with Gasteiger partial charge in [0.25, 0.3) is 0 Å². The Kier molecular flexibility index (Phi) is 3.36. The first-order valence-corrected chi connectivity index (χ1v) is 7.18.